The molecule has 0 aromatic rings. The van der Waals surface area contributed by atoms with Gasteiger partial charge in [-0.05, 0) is 26.7 Å². The Labute approximate surface area is 101 Å². The Kier molecular flexibility index (Phi) is 5.00. The lowest BCUT2D eigenvalue weighted by Crippen LogP contribution is -2.39. The largest absolute Gasteiger partial charge is 0.481 e. The first-order valence-corrected chi connectivity index (χ1v) is 5.89. The summed E-state index contributed by atoms with van der Waals surface area (Å²) in [5, 5.41) is 11.6. The third-order valence-corrected chi connectivity index (χ3v) is 2.80. The topological polar surface area (TPSA) is 69.6 Å². The van der Waals surface area contributed by atoms with Gasteiger partial charge in [-0.25, -0.2) is 4.79 Å². The summed E-state index contributed by atoms with van der Waals surface area (Å²) in [5.41, 5.74) is 1.23. The highest BCUT2D eigenvalue weighted by Crippen LogP contribution is 2.15. The van der Waals surface area contributed by atoms with Gasteiger partial charge in [0, 0.05) is 19.6 Å². The van der Waals surface area contributed by atoms with Crippen molar-refractivity contribution >= 4 is 12.0 Å². The molecule has 1 heterocycles. The Balaban J connectivity index is 2.25. The number of likely N-dealkylation sites (tertiary alicyclic amines) is 1. The van der Waals surface area contributed by atoms with Gasteiger partial charge in [0.15, 0.2) is 0 Å². The third-order valence-electron chi connectivity index (χ3n) is 2.80. The van der Waals surface area contributed by atoms with Crippen LogP contribution in [0.1, 0.15) is 26.7 Å². The van der Waals surface area contributed by atoms with Crippen molar-refractivity contribution < 1.29 is 14.7 Å². The molecule has 0 aromatic heterocycles. The van der Waals surface area contributed by atoms with Crippen molar-refractivity contribution in [2.24, 2.45) is 5.92 Å². The Bertz CT molecular complexity index is 322. The normalized spacial score (nSPS) is 18.9. The number of carboxylic acid groups (broad SMARTS) is 1. The molecule has 1 fully saturated rings. The number of hydrogen-bond donors (Lipinski definition) is 2. The van der Waals surface area contributed by atoms with E-state index in [0.29, 0.717) is 26.1 Å². The van der Waals surface area contributed by atoms with Gasteiger partial charge in [-0.3, -0.25) is 4.79 Å². The number of carbonyl (C=O) groups excluding carboxylic acids is 1. The molecule has 1 aliphatic heterocycles. The summed E-state index contributed by atoms with van der Waals surface area (Å²) in [6, 6.07) is -0.157. The maximum atomic E-state index is 11.7. The minimum atomic E-state index is -0.815. The third kappa shape index (κ3) is 4.46. The highest BCUT2D eigenvalue weighted by molar-refractivity contribution is 5.77. The van der Waals surface area contributed by atoms with E-state index in [2.05, 4.69) is 11.4 Å². The molecule has 96 valence electrons. The van der Waals surface area contributed by atoms with Crippen molar-refractivity contribution in [2.75, 3.05) is 19.6 Å². The summed E-state index contributed by atoms with van der Waals surface area (Å²) in [7, 11) is 0. The van der Waals surface area contributed by atoms with E-state index >= 15 is 0 Å². The van der Waals surface area contributed by atoms with Gasteiger partial charge in [0.2, 0.25) is 0 Å². The number of aliphatic carboxylic acids is 1. The molecular weight excluding hydrogens is 220 g/mol. The molecule has 0 radical (unpaired) electrons. The molecule has 1 saturated heterocycles. The predicted octanol–water partition coefficient (Wildman–Crippen LogP) is 1.46. The highest BCUT2D eigenvalue weighted by Gasteiger charge is 2.30. The van der Waals surface area contributed by atoms with Gasteiger partial charge in [-0.15, -0.1) is 0 Å². The molecular formula is C12H20N2O3. The predicted molar refractivity (Wildman–Crippen MR) is 64.8 cm³/mol. The van der Waals surface area contributed by atoms with Crippen LogP contribution in [0, 0.1) is 5.92 Å². The highest BCUT2D eigenvalue weighted by atomic mass is 16.4. The summed E-state index contributed by atoms with van der Waals surface area (Å²) in [6.07, 6.45) is 3.42. The van der Waals surface area contributed by atoms with Crippen molar-refractivity contribution in [3.8, 4) is 0 Å². The molecule has 1 atom stereocenters. The summed E-state index contributed by atoms with van der Waals surface area (Å²) in [4.78, 5) is 24.0. The molecule has 5 nitrogen and oxygen atoms in total. The molecule has 0 saturated carbocycles. The monoisotopic (exact) mass is 240 g/mol. The Morgan fingerprint density at radius 1 is 1.47 bits per heavy atom. The zero-order valence-electron chi connectivity index (χ0n) is 10.4. The number of nitrogens with zero attached hydrogens (tertiary/aromatic N) is 1. The fraction of sp³-hybridized carbons (Fsp3) is 0.667. The number of allylic oxidation sites excluding steroid dienone is 1. The molecule has 1 aliphatic rings. The maximum Gasteiger partial charge on any atom is 0.317 e. The quantitative estimate of drug-likeness (QED) is 0.577. The number of hydrogen-bond acceptors (Lipinski definition) is 2. The molecule has 0 aromatic carbocycles. The van der Waals surface area contributed by atoms with Gasteiger partial charge >= 0.3 is 12.0 Å². The van der Waals surface area contributed by atoms with E-state index in [1.807, 2.05) is 13.8 Å². The second-order valence-electron chi connectivity index (χ2n) is 4.57. The van der Waals surface area contributed by atoms with E-state index in [-0.39, 0.29) is 6.03 Å². The molecule has 2 N–H and O–H groups in total. The lowest BCUT2D eigenvalue weighted by atomic mass is 10.1. The summed E-state index contributed by atoms with van der Waals surface area (Å²) in [6.45, 7) is 5.48. The van der Waals surface area contributed by atoms with Gasteiger partial charge in [0.05, 0.1) is 5.92 Å². The summed E-state index contributed by atoms with van der Waals surface area (Å²) in [5.74, 6) is -1.22. The first-order valence-electron chi connectivity index (χ1n) is 5.89. The average molecular weight is 240 g/mol. The van der Waals surface area contributed by atoms with Gasteiger partial charge in [0.25, 0.3) is 0 Å². The van der Waals surface area contributed by atoms with Crippen molar-refractivity contribution in [3.63, 3.8) is 0 Å². The Hall–Kier alpha value is -1.52. The lowest BCUT2D eigenvalue weighted by molar-refractivity contribution is -0.141. The van der Waals surface area contributed by atoms with Crippen LogP contribution >= 0.6 is 0 Å². The van der Waals surface area contributed by atoms with Crippen LogP contribution < -0.4 is 5.32 Å². The number of rotatable bonds is 4. The van der Waals surface area contributed by atoms with E-state index in [1.54, 1.807) is 4.90 Å². The Morgan fingerprint density at radius 3 is 2.71 bits per heavy atom. The fourth-order valence-electron chi connectivity index (χ4n) is 1.80. The number of nitrogens with one attached hydrogen (secondary N) is 1. The Morgan fingerprint density at radius 2 is 2.18 bits per heavy atom. The van der Waals surface area contributed by atoms with Crippen molar-refractivity contribution in [1.82, 2.24) is 10.2 Å². The molecule has 1 unspecified atom stereocenters. The van der Waals surface area contributed by atoms with E-state index in [0.717, 1.165) is 6.42 Å². The van der Waals surface area contributed by atoms with Crippen LogP contribution in [-0.4, -0.2) is 41.6 Å². The fourth-order valence-corrected chi connectivity index (χ4v) is 1.80. The second kappa shape index (κ2) is 6.27. The van der Waals surface area contributed by atoms with Crippen LogP contribution in [0.25, 0.3) is 0 Å². The number of urea groups is 1. The second-order valence-corrected chi connectivity index (χ2v) is 4.57. The molecule has 0 aliphatic carbocycles. The maximum absolute atomic E-state index is 11.7. The SMILES string of the molecule is CC(C)=CCCNC(=O)N1CCC(C(=O)O)C1. The van der Waals surface area contributed by atoms with Crippen LogP contribution in [0.15, 0.2) is 11.6 Å². The molecule has 1 rings (SSSR count). The van der Waals surface area contributed by atoms with Gasteiger partial charge in [-0.1, -0.05) is 11.6 Å². The van der Waals surface area contributed by atoms with Crippen molar-refractivity contribution in [3.05, 3.63) is 11.6 Å². The lowest BCUT2D eigenvalue weighted by Gasteiger charge is -2.16. The standard InChI is InChI=1S/C12H20N2O3/c1-9(2)4-3-6-13-12(17)14-7-5-10(8-14)11(15)16/h4,10H,3,5-8H2,1-2H3,(H,13,17)(H,15,16). The van der Waals surface area contributed by atoms with E-state index in [1.165, 1.54) is 5.57 Å². The van der Waals surface area contributed by atoms with Crippen LogP contribution in [0.5, 0.6) is 0 Å². The molecule has 0 spiro atoms. The van der Waals surface area contributed by atoms with E-state index in [4.69, 9.17) is 5.11 Å². The van der Waals surface area contributed by atoms with Crippen molar-refractivity contribution in [2.45, 2.75) is 26.7 Å². The van der Waals surface area contributed by atoms with E-state index in [9.17, 15) is 9.59 Å². The molecule has 5 heteroatoms. The molecule has 17 heavy (non-hydrogen) atoms. The van der Waals surface area contributed by atoms with Crippen LogP contribution in [0.3, 0.4) is 0 Å². The average Bonchev–Trinajstić information content (AvgIpc) is 2.73. The smallest absolute Gasteiger partial charge is 0.317 e. The van der Waals surface area contributed by atoms with E-state index < -0.39 is 11.9 Å². The summed E-state index contributed by atoms with van der Waals surface area (Å²) < 4.78 is 0. The number of carbonyl (C=O) groups is 2. The van der Waals surface area contributed by atoms with Gasteiger partial charge in [-0.2, -0.15) is 0 Å². The minimum absolute atomic E-state index is 0.157. The minimum Gasteiger partial charge on any atom is -0.481 e. The van der Waals surface area contributed by atoms with Crippen LogP contribution in [0.4, 0.5) is 4.79 Å². The van der Waals surface area contributed by atoms with Crippen LogP contribution in [-0.2, 0) is 4.79 Å². The summed E-state index contributed by atoms with van der Waals surface area (Å²) >= 11 is 0. The van der Waals surface area contributed by atoms with Crippen LogP contribution in [0.2, 0.25) is 0 Å². The zero-order chi connectivity index (χ0) is 12.8. The van der Waals surface area contributed by atoms with Crippen molar-refractivity contribution in [1.29, 1.82) is 0 Å². The molecule has 2 amide bonds. The number of amides is 2. The van der Waals surface area contributed by atoms with Gasteiger partial charge in [0.1, 0.15) is 0 Å². The van der Waals surface area contributed by atoms with Gasteiger partial charge < -0.3 is 15.3 Å². The molecule has 0 bridgehead atoms. The first kappa shape index (κ1) is 13.5. The number of carboxylic acids is 1. The zero-order valence-corrected chi connectivity index (χ0v) is 10.4. The first-order chi connectivity index (χ1) is 8.00.